The molecule has 2 heterocycles. The van der Waals surface area contributed by atoms with Crippen molar-refractivity contribution in [1.82, 2.24) is 15.1 Å². The molecule has 0 unspecified atom stereocenters. The molecular formula is C26H31N5O2. The summed E-state index contributed by atoms with van der Waals surface area (Å²) in [6.45, 7) is 16.6. The fourth-order valence-electron chi connectivity index (χ4n) is 4.28. The Morgan fingerprint density at radius 2 is 2.00 bits per heavy atom. The van der Waals surface area contributed by atoms with Gasteiger partial charge in [0.05, 0.1) is 6.57 Å². The molecule has 1 aliphatic rings. The van der Waals surface area contributed by atoms with E-state index in [4.69, 9.17) is 16.0 Å². The van der Waals surface area contributed by atoms with Crippen molar-refractivity contribution in [3.63, 3.8) is 0 Å². The second kappa shape index (κ2) is 10.6. The summed E-state index contributed by atoms with van der Waals surface area (Å²) in [7, 11) is 0. The number of ether oxygens (including phenoxy) is 2. The van der Waals surface area contributed by atoms with E-state index < -0.39 is 0 Å². The van der Waals surface area contributed by atoms with E-state index in [0.29, 0.717) is 30.1 Å². The summed E-state index contributed by atoms with van der Waals surface area (Å²) in [6, 6.07) is 14.4. The van der Waals surface area contributed by atoms with Crippen molar-refractivity contribution in [3.05, 3.63) is 53.9 Å². The molecule has 0 spiro atoms. The summed E-state index contributed by atoms with van der Waals surface area (Å²) in [5, 5.41) is 14.9. The molecule has 0 saturated carbocycles. The maximum atomic E-state index is 7.35. The third-order valence-electron chi connectivity index (χ3n) is 6.06. The molecule has 1 N–H and O–H groups in total. The van der Waals surface area contributed by atoms with E-state index in [1.165, 1.54) is 6.42 Å². The normalized spacial score (nSPS) is 16.6. The molecule has 0 amide bonds. The second-order valence-electron chi connectivity index (χ2n) is 8.56. The number of hydrogen-bond donors (Lipinski definition) is 1. The van der Waals surface area contributed by atoms with Crippen molar-refractivity contribution in [1.29, 1.82) is 0 Å². The van der Waals surface area contributed by atoms with Crippen LogP contribution in [0.25, 0.3) is 26.9 Å². The van der Waals surface area contributed by atoms with Crippen molar-refractivity contribution in [3.8, 4) is 17.0 Å². The van der Waals surface area contributed by atoms with Crippen molar-refractivity contribution in [2.45, 2.75) is 45.7 Å². The quantitative estimate of drug-likeness (QED) is 0.280. The Hall–Kier alpha value is -3.21. The number of piperidine rings is 1. The molecule has 33 heavy (non-hydrogen) atoms. The zero-order valence-electron chi connectivity index (χ0n) is 19.5. The number of hydrogen-bond acceptors (Lipinski definition) is 6. The molecule has 1 aromatic heterocycles. The number of benzene rings is 2. The molecule has 2 aromatic carbocycles. The first kappa shape index (κ1) is 23.0. The molecule has 7 heteroatoms. The van der Waals surface area contributed by atoms with Crippen molar-refractivity contribution in [2.24, 2.45) is 0 Å². The highest BCUT2D eigenvalue weighted by Gasteiger charge is 2.23. The third kappa shape index (κ3) is 5.24. The Balaban J connectivity index is 1.69. The highest BCUT2D eigenvalue weighted by Crippen LogP contribution is 2.37. The molecule has 1 fully saturated rings. The molecule has 172 valence electrons. The van der Waals surface area contributed by atoms with Crippen molar-refractivity contribution < 1.29 is 9.47 Å². The largest absolute Gasteiger partial charge is 0.468 e. The maximum Gasteiger partial charge on any atom is 0.190 e. The van der Waals surface area contributed by atoms with Crippen LogP contribution in [0.1, 0.15) is 33.6 Å². The smallest absolute Gasteiger partial charge is 0.190 e. The molecule has 0 radical (unpaired) electrons. The van der Waals surface area contributed by atoms with E-state index in [9.17, 15) is 0 Å². The predicted octanol–water partition coefficient (Wildman–Crippen LogP) is 5.51. The summed E-state index contributed by atoms with van der Waals surface area (Å²) in [5.41, 5.74) is 2.03. The number of nitrogens with one attached hydrogen (secondary N) is 1. The van der Waals surface area contributed by atoms with Crippen LogP contribution in [-0.2, 0) is 4.74 Å². The van der Waals surface area contributed by atoms with Crippen LogP contribution in [0.2, 0.25) is 0 Å². The topological polar surface area (TPSA) is 63.9 Å². The van der Waals surface area contributed by atoms with Gasteiger partial charge in [0.25, 0.3) is 0 Å². The molecule has 4 rings (SSSR count). The highest BCUT2D eigenvalue weighted by molar-refractivity contribution is 6.01. The highest BCUT2D eigenvalue weighted by atomic mass is 16.7. The molecule has 1 atom stereocenters. The van der Waals surface area contributed by atoms with Crippen LogP contribution in [0.3, 0.4) is 0 Å². The Bertz CT molecular complexity index is 1140. The van der Waals surface area contributed by atoms with Crippen LogP contribution < -0.4 is 10.1 Å². The summed E-state index contributed by atoms with van der Waals surface area (Å²) in [6.07, 6.45) is 2.29. The number of anilines is 1. The third-order valence-corrected chi connectivity index (χ3v) is 6.06. The van der Waals surface area contributed by atoms with Crippen LogP contribution in [0.15, 0.2) is 42.5 Å². The van der Waals surface area contributed by atoms with Gasteiger partial charge in [0, 0.05) is 41.6 Å². The minimum Gasteiger partial charge on any atom is -0.468 e. The maximum absolute atomic E-state index is 7.35. The standard InChI is InChI=1S/C26H31N5O2/c1-5-32-17-33-24-15-19(27-4)12-13-23(24)25-21-10-6-7-11-22(21)26(30-29-25)28-20-9-8-14-31(16-20)18(2)3/h6-7,10-13,15,18,20H,5,8-9,14,16-17H2,1-3H3,(H,28,30)/t20-/m1/s1. The number of likely N-dealkylation sites (tertiary alicyclic amines) is 1. The number of nitrogens with zero attached hydrogens (tertiary/aromatic N) is 4. The first-order chi connectivity index (χ1) is 16.1. The van der Waals surface area contributed by atoms with Crippen LogP contribution in [0, 0.1) is 6.57 Å². The SMILES string of the molecule is [C-]#[N+]c1ccc(-c2nnc(N[C@@H]3CCCN(C(C)C)C3)c3ccccc23)c(OCOCC)c1. The molecule has 1 aliphatic heterocycles. The Morgan fingerprint density at radius 1 is 1.18 bits per heavy atom. The average molecular weight is 446 g/mol. The summed E-state index contributed by atoms with van der Waals surface area (Å²) >= 11 is 0. The lowest BCUT2D eigenvalue weighted by Crippen LogP contribution is -2.45. The first-order valence-electron chi connectivity index (χ1n) is 11.6. The molecule has 3 aromatic rings. The van der Waals surface area contributed by atoms with E-state index >= 15 is 0 Å². The summed E-state index contributed by atoms with van der Waals surface area (Å²) in [4.78, 5) is 6.04. The van der Waals surface area contributed by atoms with E-state index in [1.54, 1.807) is 12.1 Å². The Morgan fingerprint density at radius 3 is 2.76 bits per heavy atom. The molecular weight excluding hydrogens is 414 g/mol. The van der Waals surface area contributed by atoms with Crippen LogP contribution >= 0.6 is 0 Å². The average Bonchev–Trinajstić information content (AvgIpc) is 2.85. The number of rotatable bonds is 8. The monoisotopic (exact) mass is 445 g/mol. The van der Waals surface area contributed by atoms with Crippen LogP contribution in [0.4, 0.5) is 11.5 Å². The lowest BCUT2D eigenvalue weighted by molar-refractivity contribution is 0.0228. The van der Waals surface area contributed by atoms with Gasteiger partial charge in [-0.1, -0.05) is 36.4 Å². The summed E-state index contributed by atoms with van der Waals surface area (Å²) in [5.74, 6) is 1.37. The Labute approximate surface area is 195 Å². The van der Waals surface area contributed by atoms with Gasteiger partial charge in [0.1, 0.15) is 11.4 Å². The van der Waals surface area contributed by atoms with Gasteiger partial charge in [0.15, 0.2) is 18.3 Å². The second-order valence-corrected chi connectivity index (χ2v) is 8.56. The van der Waals surface area contributed by atoms with Crippen LogP contribution in [-0.4, -0.2) is 53.7 Å². The van der Waals surface area contributed by atoms with Crippen molar-refractivity contribution in [2.75, 3.05) is 31.8 Å². The number of fused-ring (bicyclic) bond motifs is 1. The van der Waals surface area contributed by atoms with Crippen molar-refractivity contribution >= 4 is 22.3 Å². The fourth-order valence-corrected chi connectivity index (χ4v) is 4.28. The van der Waals surface area contributed by atoms with Gasteiger partial charge >= 0.3 is 0 Å². The molecule has 0 bridgehead atoms. The van der Waals surface area contributed by atoms with E-state index in [-0.39, 0.29) is 6.79 Å². The van der Waals surface area contributed by atoms with E-state index in [1.807, 2.05) is 25.1 Å². The van der Waals surface area contributed by atoms with Gasteiger partial charge in [0.2, 0.25) is 0 Å². The first-order valence-corrected chi connectivity index (χ1v) is 11.6. The fraction of sp³-hybridized carbons (Fsp3) is 0.423. The van der Waals surface area contributed by atoms with Gasteiger partial charge < -0.3 is 14.8 Å². The van der Waals surface area contributed by atoms with Gasteiger partial charge in [-0.25, -0.2) is 4.85 Å². The molecule has 0 aliphatic carbocycles. The molecule has 7 nitrogen and oxygen atoms in total. The van der Waals surface area contributed by atoms with Gasteiger partial charge in [-0.15, -0.1) is 10.2 Å². The number of aromatic nitrogens is 2. The zero-order chi connectivity index (χ0) is 23.2. The summed E-state index contributed by atoms with van der Waals surface area (Å²) < 4.78 is 11.2. The van der Waals surface area contributed by atoms with Gasteiger partial charge in [-0.3, -0.25) is 4.90 Å². The van der Waals surface area contributed by atoms with E-state index in [0.717, 1.165) is 47.4 Å². The van der Waals surface area contributed by atoms with Gasteiger partial charge in [-0.2, -0.15) is 0 Å². The molecule has 1 saturated heterocycles. The minimum atomic E-state index is 0.115. The lowest BCUT2D eigenvalue weighted by Gasteiger charge is -2.36. The Kier molecular flexibility index (Phi) is 7.38. The van der Waals surface area contributed by atoms with Gasteiger partial charge in [-0.05, 0) is 46.2 Å². The predicted molar refractivity (Wildman–Crippen MR) is 132 cm³/mol. The lowest BCUT2D eigenvalue weighted by atomic mass is 10.0. The minimum absolute atomic E-state index is 0.115. The van der Waals surface area contributed by atoms with E-state index in [2.05, 4.69) is 51.2 Å². The zero-order valence-corrected chi connectivity index (χ0v) is 19.5. The van der Waals surface area contributed by atoms with Crippen LogP contribution in [0.5, 0.6) is 5.75 Å².